The Morgan fingerprint density at radius 2 is 1.73 bits per heavy atom. The van der Waals surface area contributed by atoms with Crippen molar-refractivity contribution in [2.75, 3.05) is 11.8 Å². The Balaban J connectivity index is 2.24. The van der Waals surface area contributed by atoms with Crippen LogP contribution in [0.15, 0.2) is 30.5 Å². The highest BCUT2D eigenvalue weighted by Gasteiger charge is 2.16. The number of ether oxygens (including phenoxy) is 1. The van der Waals surface area contributed by atoms with Crippen LogP contribution in [-0.2, 0) is 15.8 Å². The molecule has 1 aromatic heterocycles. The van der Waals surface area contributed by atoms with Crippen LogP contribution in [0.5, 0.6) is 5.75 Å². The van der Waals surface area contributed by atoms with Crippen molar-refractivity contribution in [3.05, 3.63) is 51.1 Å². The topological polar surface area (TPSA) is 68.3 Å². The van der Waals surface area contributed by atoms with Gasteiger partial charge < -0.3 is 4.74 Å². The van der Waals surface area contributed by atoms with Crippen molar-refractivity contribution in [1.82, 2.24) is 4.98 Å². The van der Waals surface area contributed by atoms with Gasteiger partial charge in [0, 0.05) is 22.3 Å². The first-order valence-electron chi connectivity index (χ1n) is 5.94. The Bertz CT molecular complexity index is 777. The molecular formula is C13H11Cl3N2O3S. The highest BCUT2D eigenvalue weighted by molar-refractivity contribution is 7.91. The van der Waals surface area contributed by atoms with Gasteiger partial charge in [-0.15, -0.1) is 0 Å². The monoisotopic (exact) mass is 380 g/mol. The van der Waals surface area contributed by atoms with Crippen molar-refractivity contribution < 1.29 is 13.2 Å². The SMILES string of the molecule is COc1cc(Cl)cnc1NS(=O)(=O)Cc1cc(Cl)cc(Cl)c1. The molecule has 2 aromatic rings. The molecule has 0 bridgehead atoms. The Kier molecular flexibility index (Phi) is 5.39. The lowest BCUT2D eigenvalue weighted by Crippen LogP contribution is -2.16. The summed E-state index contributed by atoms with van der Waals surface area (Å²) in [5, 5.41) is 1.06. The molecule has 0 spiro atoms. The van der Waals surface area contributed by atoms with E-state index in [4.69, 9.17) is 39.5 Å². The van der Waals surface area contributed by atoms with Gasteiger partial charge in [-0.05, 0) is 23.8 Å². The molecule has 2 rings (SSSR count). The lowest BCUT2D eigenvalue weighted by Gasteiger charge is -2.11. The number of aromatic nitrogens is 1. The largest absolute Gasteiger partial charge is 0.493 e. The van der Waals surface area contributed by atoms with E-state index < -0.39 is 10.0 Å². The molecule has 1 heterocycles. The Morgan fingerprint density at radius 3 is 2.32 bits per heavy atom. The number of hydrogen-bond donors (Lipinski definition) is 1. The maximum absolute atomic E-state index is 12.2. The van der Waals surface area contributed by atoms with Crippen molar-refractivity contribution >= 4 is 50.6 Å². The third-order valence-corrected chi connectivity index (χ3v) is 4.43. The van der Waals surface area contributed by atoms with E-state index in [1.165, 1.54) is 37.6 Å². The molecular weight excluding hydrogens is 371 g/mol. The molecule has 0 aliphatic carbocycles. The summed E-state index contributed by atoms with van der Waals surface area (Å²) < 4.78 is 31.8. The normalized spacial score (nSPS) is 11.3. The summed E-state index contributed by atoms with van der Waals surface area (Å²) in [4.78, 5) is 3.91. The maximum Gasteiger partial charge on any atom is 0.238 e. The van der Waals surface area contributed by atoms with Crippen molar-refractivity contribution in [3.8, 4) is 5.75 Å². The molecule has 118 valence electrons. The predicted molar refractivity (Wildman–Crippen MR) is 88.5 cm³/mol. The molecule has 0 atom stereocenters. The summed E-state index contributed by atoms with van der Waals surface area (Å²) >= 11 is 17.5. The number of hydrogen-bond acceptors (Lipinski definition) is 4. The van der Waals surface area contributed by atoms with E-state index in [1.54, 1.807) is 0 Å². The zero-order chi connectivity index (χ0) is 16.3. The van der Waals surface area contributed by atoms with E-state index in [1.807, 2.05) is 0 Å². The smallest absolute Gasteiger partial charge is 0.238 e. The van der Waals surface area contributed by atoms with Gasteiger partial charge in [0.05, 0.1) is 17.9 Å². The van der Waals surface area contributed by atoms with E-state index in [0.29, 0.717) is 20.6 Å². The van der Waals surface area contributed by atoms with Gasteiger partial charge in [-0.3, -0.25) is 4.72 Å². The van der Waals surface area contributed by atoms with Gasteiger partial charge in [0.1, 0.15) is 0 Å². The third kappa shape index (κ3) is 4.64. The van der Waals surface area contributed by atoms with E-state index in [0.717, 1.165) is 0 Å². The Morgan fingerprint density at radius 1 is 1.09 bits per heavy atom. The third-order valence-electron chi connectivity index (χ3n) is 2.57. The standard InChI is InChI=1S/C13H11Cl3N2O3S/c1-21-12-5-11(16)6-17-13(12)18-22(19,20)7-8-2-9(14)4-10(15)3-8/h2-6H,7H2,1H3,(H,17,18). The number of sulfonamides is 1. The summed E-state index contributed by atoms with van der Waals surface area (Å²) in [6, 6.07) is 6.04. The minimum Gasteiger partial charge on any atom is -0.493 e. The van der Waals surface area contributed by atoms with Gasteiger partial charge in [-0.2, -0.15) is 0 Å². The fraction of sp³-hybridized carbons (Fsp3) is 0.154. The second-order valence-electron chi connectivity index (χ2n) is 4.34. The lowest BCUT2D eigenvalue weighted by atomic mass is 10.2. The van der Waals surface area contributed by atoms with Crippen molar-refractivity contribution in [3.63, 3.8) is 0 Å². The number of pyridine rings is 1. The van der Waals surface area contributed by atoms with Crippen LogP contribution in [0.2, 0.25) is 15.1 Å². The minimum absolute atomic E-state index is 0.0556. The van der Waals surface area contributed by atoms with Gasteiger partial charge in [-0.1, -0.05) is 34.8 Å². The van der Waals surface area contributed by atoms with Crippen LogP contribution in [0.4, 0.5) is 5.82 Å². The summed E-state index contributed by atoms with van der Waals surface area (Å²) in [6.45, 7) is 0. The molecule has 22 heavy (non-hydrogen) atoms. The van der Waals surface area contributed by atoms with E-state index >= 15 is 0 Å². The number of anilines is 1. The van der Waals surface area contributed by atoms with Crippen molar-refractivity contribution in [2.45, 2.75) is 5.75 Å². The molecule has 0 fully saturated rings. The number of nitrogens with zero attached hydrogens (tertiary/aromatic N) is 1. The second-order valence-corrected chi connectivity index (χ2v) is 7.37. The zero-order valence-corrected chi connectivity index (χ0v) is 14.4. The first-order chi connectivity index (χ1) is 10.3. The van der Waals surface area contributed by atoms with Gasteiger partial charge in [-0.25, -0.2) is 13.4 Å². The summed E-state index contributed by atoms with van der Waals surface area (Å²) in [5.41, 5.74) is 0.456. The van der Waals surface area contributed by atoms with Gasteiger partial charge >= 0.3 is 0 Å². The van der Waals surface area contributed by atoms with E-state index in [2.05, 4.69) is 9.71 Å². The molecule has 1 aromatic carbocycles. The van der Waals surface area contributed by atoms with E-state index in [-0.39, 0.29) is 17.3 Å². The number of halogens is 3. The Hall–Kier alpha value is -1.21. The molecule has 0 aliphatic heterocycles. The summed E-state index contributed by atoms with van der Waals surface area (Å²) in [5.74, 6) is -0.0268. The molecule has 0 saturated carbocycles. The van der Waals surface area contributed by atoms with Gasteiger partial charge in [0.15, 0.2) is 11.6 Å². The Labute approximate surface area is 143 Å². The van der Waals surface area contributed by atoms with E-state index in [9.17, 15) is 8.42 Å². The fourth-order valence-corrected chi connectivity index (χ4v) is 3.59. The average molecular weight is 382 g/mol. The number of methoxy groups -OCH3 is 1. The molecule has 0 amide bonds. The number of benzene rings is 1. The van der Waals surface area contributed by atoms with Gasteiger partial charge in [0.25, 0.3) is 0 Å². The predicted octanol–water partition coefficient (Wildman–Crippen LogP) is 3.99. The molecule has 5 nitrogen and oxygen atoms in total. The average Bonchev–Trinajstić information content (AvgIpc) is 2.38. The highest BCUT2D eigenvalue weighted by Crippen LogP contribution is 2.27. The van der Waals surface area contributed by atoms with Crippen LogP contribution in [0.3, 0.4) is 0 Å². The first-order valence-corrected chi connectivity index (χ1v) is 8.73. The molecule has 0 radical (unpaired) electrons. The minimum atomic E-state index is -3.72. The maximum atomic E-state index is 12.2. The fourth-order valence-electron chi connectivity index (χ4n) is 1.75. The first kappa shape index (κ1) is 17.1. The van der Waals surface area contributed by atoms with Gasteiger partial charge in [0.2, 0.25) is 10.0 Å². The van der Waals surface area contributed by atoms with Crippen LogP contribution in [0, 0.1) is 0 Å². The second kappa shape index (κ2) is 6.91. The van der Waals surface area contributed by atoms with Crippen LogP contribution < -0.4 is 9.46 Å². The quantitative estimate of drug-likeness (QED) is 0.850. The van der Waals surface area contributed by atoms with Crippen LogP contribution in [0.1, 0.15) is 5.56 Å². The van der Waals surface area contributed by atoms with Crippen LogP contribution in [0.25, 0.3) is 0 Å². The molecule has 1 N–H and O–H groups in total. The van der Waals surface area contributed by atoms with Crippen molar-refractivity contribution in [2.24, 2.45) is 0 Å². The molecule has 0 aliphatic rings. The summed E-state index contributed by atoms with van der Waals surface area (Å²) in [6.07, 6.45) is 1.32. The van der Waals surface area contributed by atoms with Crippen LogP contribution >= 0.6 is 34.8 Å². The van der Waals surface area contributed by atoms with Crippen molar-refractivity contribution in [1.29, 1.82) is 0 Å². The summed E-state index contributed by atoms with van der Waals surface area (Å²) in [7, 11) is -2.33. The lowest BCUT2D eigenvalue weighted by molar-refractivity contribution is 0.415. The molecule has 0 unspecified atom stereocenters. The molecule has 0 saturated heterocycles. The zero-order valence-electron chi connectivity index (χ0n) is 11.3. The number of nitrogens with one attached hydrogen (secondary N) is 1. The van der Waals surface area contributed by atoms with Crippen LogP contribution in [-0.4, -0.2) is 20.5 Å². The number of rotatable bonds is 5. The highest BCUT2D eigenvalue weighted by atomic mass is 35.5. The molecule has 9 heteroatoms.